The lowest BCUT2D eigenvalue weighted by Crippen LogP contribution is -2.10. The van der Waals surface area contributed by atoms with Crippen LogP contribution in [0.25, 0.3) is 44.5 Å². The fraction of sp³-hybridized carbons (Fsp3) is 0.125. The van der Waals surface area contributed by atoms with Gasteiger partial charge in [-0.05, 0) is 31.8 Å². The molecule has 142 valence electrons. The second-order valence-corrected chi connectivity index (χ2v) is 7.52. The van der Waals surface area contributed by atoms with Crippen molar-refractivity contribution < 1.29 is 0 Å². The smallest absolute Gasteiger partial charge is 0.0973 e. The first-order valence-electron chi connectivity index (χ1n) is 9.62. The molecular formula is C24H21N5. The van der Waals surface area contributed by atoms with Gasteiger partial charge in [0, 0.05) is 23.1 Å². The van der Waals surface area contributed by atoms with Crippen molar-refractivity contribution in [2.45, 2.75) is 6.54 Å². The van der Waals surface area contributed by atoms with E-state index in [1.165, 1.54) is 5.56 Å². The van der Waals surface area contributed by atoms with E-state index in [1.54, 1.807) is 0 Å². The van der Waals surface area contributed by atoms with Crippen LogP contribution in [0.2, 0.25) is 0 Å². The molecule has 0 aliphatic rings. The Kier molecular flexibility index (Phi) is 4.30. The third-order valence-electron chi connectivity index (χ3n) is 5.00. The second kappa shape index (κ2) is 7.11. The van der Waals surface area contributed by atoms with E-state index in [2.05, 4.69) is 65.6 Å². The van der Waals surface area contributed by atoms with Gasteiger partial charge >= 0.3 is 0 Å². The summed E-state index contributed by atoms with van der Waals surface area (Å²) in [5.74, 6) is 0. The van der Waals surface area contributed by atoms with Crippen molar-refractivity contribution in [2.75, 3.05) is 14.1 Å². The largest absolute Gasteiger partial charge is 0.305 e. The fourth-order valence-electron chi connectivity index (χ4n) is 3.63. The second-order valence-electron chi connectivity index (χ2n) is 7.52. The predicted octanol–water partition coefficient (Wildman–Crippen LogP) is 4.90. The third-order valence-corrected chi connectivity index (χ3v) is 5.00. The van der Waals surface area contributed by atoms with Crippen molar-refractivity contribution in [1.82, 2.24) is 25.1 Å². The quantitative estimate of drug-likeness (QED) is 0.482. The van der Waals surface area contributed by atoms with E-state index in [0.29, 0.717) is 0 Å². The fourth-order valence-corrected chi connectivity index (χ4v) is 3.63. The molecule has 5 rings (SSSR count). The molecule has 3 aromatic carbocycles. The summed E-state index contributed by atoms with van der Waals surface area (Å²) < 4.78 is 0. The molecule has 2 aromatic heterocycles. The van der Waals surface area contributed by atoms with Gasteiger partial charge < -0.3 is 4.90 Å². The van der Waals surface area contributed by atoms with Crippen molar-refractivity contribution in [3.8, 4) is 22.5 Å². The maximum absolute atomic E-state index is 5.02. The molecule has 5 nitrogen and oxygen atoms in total. The van der Waals surface area contributed by atoms with Crippen LogP contribution in [-0.2, 0) is 6.54 Å². The zero-order chi connectivity index (χ0) is 19.8. The van der Waals surface area contributed by atoms with Crippen LogP contribution in [0, 0.1) is 0 Å². The van der Waals surface area contributed by atoms with E-state index in [4.69, 9.17) is 9.97 Å². The van der Waals surface area contributed by atoms with Crippen LogP contribution in [-0.4, -0.2) is 39.2 Å². The van der Waals surface area contributed by atoms with Crippen LogP contribution in [0.5, 0.6) is 0 Å². The van der Waals surface area contributed by atoms with Gasteiger partial charge in [0.25, 0.3) is 0 Å². The van der Waals surface area contributed by atoms with E-state index in [-0.39, 0.29) is 0 Å². The highest BCUT2D eigenvalue weighted by Crippen LogP contribution is 2.32. The first-order chi connectivity index (χ1) is 14.2. The highest BCUT2D eigenvalue weighted by Gasteiger charge is 2.14. The molecule has 5 heteroatoms. The Labute approximate surface area is 169 Å². The average Bonchev–Trinajstić information content (AvgIpc) is 3.19. The van der Waals surface area contributed by atoms with Crippen molar-refractivity contribution in [2.24, 2.45) is 0 Å². The minimum atomic E-state index is 0.855. The molecule has 5 aromatic rings. The molecule has 0 spiro atoms. The number of aromatic nitrogens is 4. The molecule has 0 fully saturated rings. The number of hydrogen-bond acceptors (Lipinski definition) is 4. The summed E-state index contributed by atoms with van der Waals surface area (Å²) in [6.45, 7) is 0.910. The van der Waals surface area contributed by atoms with Crippen LogP contribution < -0.4 is 0 Å². The Morgan fingerprint density at radius 3 is 2.14 bits per heavy atom. The molecule has 0 amide bonds. The molecule has 0 aliphatic heterocycles. The highest BCUT2D eigenvalue weighted by molar-refractivity contribution is 5.95. The molecule has 2 heterocycles. The van der Waals surface area contributed by atoms with Crippen LogP contribution >= 0.6 is 0 Å². The Bertz CT molecular complexity index is 1290. The topological polar surface area (TPSA) is 57.7 Å². The predicted molar refractivity (Wildman–Crippen MR) is 117 cm³/mol. The zero-order valence-corrected chi connectivity index (χ0v) is 16.4. The highest BCUT2D eigenvalue weighted by atomic mass is 15.1. The summed E-state index contributed by atoms with van der Waals surface area (Å²) in [5.41, 5.74) is 7.85. The lowest BCUT2D eigenvalue weighted by atomic mass is 10.0. The standard InChI is InChI=1S/C24H21N5/c1-29(2)15-16-8-10-18(11-9-16)24-23(17-6-4-3-5-7-17)26-21-12-19-14-25-28-20(19)13-22(21)27-24/h3-14H,15H2,1-2H3,(H,25,28). The number of nitrogens with one attached hydrogen (secondary N) is 1. The van der Waals surface area contributed by atoms with Gasteiger partial charge in [0.1, 0.15) is 0 Å². The Morgan fingerprint density at radius 2 is 1.45 bits per heavy atom. The van der Waals surface area contributed by atoms with Gasteiger partial charge in [0.15, 0.2) is 0 Å². The molecule has 0 radical (unpaired) electrons. The van der Waals surface area contributed by atoms with Crippen molar-refractivity contribution >= 4 is 21.9 Å². The summed E-state index contributed by atoms with van der Waals surface area (Å²) >= 11 is 0. The first kappa shape index (κ1) is 17.5. The lowest BCUT2D eigenvalue weighted by Gasteiger charge is -2.13. The normalized spacial score (nSPS) is 11.6. The van der Waals surface area contributed by atoms with E-state index in [1.807, 2.05) is 36.5 Å². The monoisotopic (exact) mass is 379 g/mol. The summed E-state index contributed by atoms with van der Waals surface area (Å²) in [7, 11) is 4.15. The van der Waals surface area contributed by atoms with Gasteiger partial charge in [-0.25, -0.2) is 9.97 Å². The average molecular weight is 379 g/mol. The maximum Gasteiger partial charge on any atom is 0.0973 e. The Balaban J connectivity index is 1.72. The molecule has 0 aliphatic carbocycles. The number of aromatic amines is 1. The van der Waals surface area contributed by atoms with Gasteiger partial charge in [-0.2, -0.15) is 5.10 Å². The van der Waals surface area contributed by atoms with E-state index < -0.39 is 0 Å². The summed E-state index contributed by atoms with van der Waals surface area (Å²) in [5, 5.41) is 8.19. The number of benzene rings is 3. The van der Waals surface area contributed by atoms with E-state index >= 15 is 0 Å². The van der Waals surface area contributed by atoms with Gasteiger partial charge in [0.2, 0.25) is 0 Å². The Morgan fingerprint density at radius 1 is 0.793 bits per heavy atom. The first-order valence-corrected chi connectivity index (χ1v) is 9.62. The van der Waals surface area contributed by atoms with Crippen LogP contribution in [0.15, 0.2) is 72.9 Å². The van der Waals surface area contributed by atoms with Crippen LogP contribution in [0.1, 0.15) is 5.56 Å². The number of fused-ring (bicyclic) bond motifs is 2. The van der Waals surface area contributed by atoms with Gasteiger partial charge in [0.05, 0.1) is 34.1 Å². The molecule has 0 saturated carbocycles. The molecule has 0 bridgehead atoms. The van der Waals surface area contributed by atoms with Gasteiger partial charge in [-0.3, -0.25) is 5.10 Å². The van der Waals surface area contributed by atoms with Gasteiger partial charge in [-0.15, -0.1) is 0 Å². The molecule has 0 saturated heterocycles. The van der Waals surface area contributed by atoms with E-state index in [9.17, 15) is 0 Å². The van der Waals surface area contributed by atoms with Crippen molar-refractivity contribution in [3.63, 3.8) is 0 Å². The van der Waals surface area contributed by atoms with Crippen molar-refractivity contribution in [1.29, 1.82) is 0 Å². The number of H-pyrrole nitrogens is 1. The van der Waals surface area contributed by atoms with Crippen molar-refractivity contribution in [3.05, 3.63) is 78.5 Å². The molecule has 29 heavy (non-hydrogen) atoms. The molecule has 0 atom stereocenters. The SMILES string of the molecule is CN(C)Cc1ccc(-c2nc3cc4[nH]ncc4cc3nc2-c2ccccc2)cc1. The summed E-state index contributed by atoms with van der Waals surface area (Å²) in [6, 6.07) is 22.9. The van der Waals surface area contributed by atoms with Gasteiger partial charge in [-0.1, -0.05) is 54.6 Å². The zero-order valence-electron chi connectivity index (χ0n) is 16.4. The number of nitrogens with zero attached hydrogens (tertiary/aromatic N) is 4. The number of rotatable bonds is 4. The molecular weight excluding hydrogens is 358 g/mol. The van der Waals surface area contributed by atoms with Crippen LogP contribution in [0.3, 0.4) is 0 Å². The number of hydrogen-bond donors (Lipinski definition) is 1. The molecule has 0 unspecified atom stereocenters. The molecule has 1 N–H and O–H groups in total. The Hall–Kier alpha value is -3.57. The minimum Gasteiger partial charge on any atom is -0.305 e. The van der Waals surface area contributed by atoms with Crippen LogP contribution in [0.4, 0.5) is 0 Å². The summed E-state index contributed by atoms with van der Waals surface area (Å²) in [6.07, 6.45) is 1.82. The third kappa shape index (κ3) is 3.37. The minimum absolute atomic E-state index is 0.855. The maximum atomic E-state index is 5.02. The van der Waals surface area contributed by atoms with E-state index in [0.717, 1.165) is 51.0 Å². The lowest BCUT2D eigenvalue weighted by molar-refractivity contribution is 0.402. The summed E-state index contributed by atoms with van der Waals surface area (Å²) in [4.78, 5) is 12.2.